The van der Waals surface area contributed by atoms with Crippen LogP contribution in [-0.4, -0.2) is 77.0 Å². The third-order valence-corrected chi connectivity index (χ3v) is 6.07. The highest BCUT2D eigenvalue weighted by molar-refractivity contribution is 7.98. The number of hydrogen-bond donors (Lipinski definition) is 5. The molecule has 6 N–H and O–H groups in total. The van der Waals surface area contributed by atoms with Crippen LogP contribution in [0.4, 0.5) is 0 Å². The normalized spacial score (nSPS) is 15.0. The first-order valence-electron chi connectivity index (χ1n) is 10.8. The number of nitrogens with one attached hydrogen (secondary N) is 3. The highest BCUT2D eigenvalue weighted by atomic mass is 32.2. The van der Waals surface area contributed by atoms with E-state index in [0.717, 1.165) is 0 Å². The summed E-state index contributed by atoms with van der Waals surface area (Å²) in [4.78, 5) is 49.7. The molecular formula is C21H40N4O5S2. The Hall–Kier alpha value is -1.46. The molecule has 4 unspecified atom stereocenters. The number of carboxylic acids is 1. The van der Waals surface area contributed by atoms with E-state index >= 15 is 0 Å². The van der Waals surface area contributed by atoms with Crippen molar-refractivity contribution in [2.24, 2.45) is 17.6 Å². The van der Waals surface area contributed by atoms with Crippen molar-refractivity contribution in [3.63, 3.8) is 0 Å². The summed E-state index contributed by atoms with van der Waals surface area (Å²) >= 11 is 3.02. The molecule has 0 aromatic rings. The highest BCUT2D eigenvalue weighted by Gasteiger charge is 2.31. The van der Waals surface area contributed by atoms with Gasteiger partial charge in [0.15, 0.2) is 0 Å². The highest BCUT2D eigenvalue weighted by Crippen LogP contribution is 2.09. The maximum absolute atomic E-state index is 13.0. The van der Waals surface area contributed by atoms with Crippen molar-refractivity contribution in [2.75, 3.05) is 24.0 Å². The molecule has 0 radical (unpaired) electrons. The lowest BCUT2D eigenvalue weighted by Gasteiger charge is -2.27. The van der Waals surface area contributed by atoms with E-state index in [1.807, 2.05) is 26.4 Å². The average Bonchev–Trinajstić information content (AvgIpc) is 2.70. The van der Waals surface area contributed by atoms with Gasteiger partial charge < -0.3 is 26.8 Å². The van der Waals surface area contributed by atoms with E-state index in [1.165, 1.54) is 23.5 Å². The van der Waals surface area contributed by atoms with Crippen LogP contribution in [0.1, 0.15) is 47.0 Å². The lowest BCUT2D eigenvalue weighted by Crippen LogP contribution is -2.58. The molecule has 0 aliphatic heterocycles. The van der Waals surface area contributed by atoms with Crippen molar-refractivity contribution >= 4 is 47.2 Å². The number of hydrogen-bond acceptors (Lipinski definition) is 7. The van der Waals surface area contributed by atoms with Gasteiger partial charge in [-0.05, 0) is 55.1 Å². The van der Waals surface area contributed by atoms with Gasteiger partial charge in [0.1, 0.15) is 18.1 Å². The van der Waals surface area contributed by atoms with Crippen molar-refractivity contribution in [2.45, 2.75) is 71.1 Å². The Bertz CT molecular complexity index is 619. The summed E-state index contributed by atoms with van der Waals surface area (Å²) in [7, 11) is 0. The molecule has 0 aromatic heterocycles. The molecular weight excluding hydrogens is 452 g/mol. The smallest absolute Gasteiger partial charge is 0.326 e. The molecule has 0 aromatic carbocycles. The average molecular weight is 493 g/mol. The Morgan fingerprint density at radius 3 is 1.75 bits per heavy atom. The number of carbonyl (C=O) groups is 4. The van der Waals surface area contributed by atoms with E-state index < -0.39 is 47.9 Å². The van der Waals surface area contributed by atoms with Gasteiger partial charge in [0.05, 0.1) is 6.04 Å². The molecule has 186 valence electrons. The van der Waals surface area contributed by atoms with Gasteiger partial charge in [-0.25, -0.2) is 4.79 Å². The van der Waals surface area contributed by atoms with Crippen LogP contribution in [0.3, 0.4) is 0 Å². The van der Waals surface area contributed by atoms with E-state index in [4.69, 9.17) is 5.73 Å². The van der Waals surface area contributed by atoms with Crippen molar-refractivity contribution in [3.05, 3.63) is 0 Å². The second kappa shape index (κ2) is 16.2. The molecule has 0 fully saturated rings. The quantitative estimate of drug-likeness (QED) is 0.215. The third-order valence-electron chi connectivity index (χ3n) is 4.78. The summed E-state index contributed by atoms with van der Waals surface area (Å²) in [5, 5.41) is 17.3. The first-order chi connectivity index (χ1) is 14.9. The zero-order valence-electron chi connectivity index (χ0n) is 20.0. The molecule has 4 atom stereocenters. The van der Waals surface area contributed by atoms with Gasteiger partial charge in [0, 0.05) is 0 Å². The second-order valence-corrected chi connectivity index (χ2v) is 10.5. The van der Waals surface area contributed by atoms with Crippen molar-refractivity contribution in [3.8, 4) is 0 Å². The van der Waals surface area contributed by atoms with Crippen LogP contribution < -0.4 is 21.7 Å². The number of rotatable bonds is 16. The number of thioether (sulfide) groups is 2. The molecule has 0 saturated heterocycles. The van der Waals surface area contributed by atoms with E-state index in [9.17, 15) is 24.3 Å². The molecule has 0 aliphatic rings. The van der Waals surface area contributed by atoms with Crippen LogP contribution >= 0.6 is 23.5 Å². The first-order valence-corrected chi connectivity index (χ1v) is 13.6. The van der Waals surface area contributed by atoms with Crippen molar-refractivity contribution in [1.82, 2.24) is 16.0 Å². The second-order valence-electron chi connectivity index (χ2n) is 8.49. The lowest BCUT2D eigenvalue weighted by molar-refractivity contribution is -0.142. The maximum Gasteiger partial charge on any atom is 0.326 e. The van der Waals surface area contributed by atoms with E-state index in [-0.39, 0.29) is 18.3 Å². The summed E-state index contributed by atoms with van der Waals surface area (Å²) in [6, 6.07) is -3.53. The lowest BCUT2D eigenvalue weighted by atomic mass is 10.0. The van der Waals surface area contributed by atoms with Gasteiger partial charge >= 0.3 is 5.97 Å². The Morgan fingerprint density at radius 1 is 0.812 bits per heavy atom. The van der Waals surface area contributed by atoms with Gasteiger partial charge in [0.2, 0.25) is 17.7 Å². The minimum Gasteiger partial charge on any atom is -0.480 e. The van der Waals surface area contributed by atoms with Gasteiger partial charge in [-0.3, -0.25) is 14.4 Å². The topological polar surface area (TPSA) is 151 Å². The zero-order chi connectivity index (χ0) is 24.8. The van der Waals surface area contributed by atoms with Gasteiger partial charge in [-0.2, -0.15) is 23.5 Å². The largest absolute Gasteiger partial charge is 0.480 e. The van der Waals surface area contributed by atoms with Crippen LogP contribution in [0.25, 0.3) is 0 Å². The van der Waals surface area contributed by atoms with Crippen LogP contribution in [0, 0.1) is 11.8 Å². The fourth-order valence-electron chi connectivity index (χ4n) is 2.94. The van der Waals surface area contributed by atoms with Gasteiger partial charge in [-0.1, -0.05) is 27.7 Å². The summed E-state index contributed by atoms with van der Waals surface area (Å²) in [6.45, 7) is 7.44. The molecule has 0 aliphatic carbocycles. The molecule has 32 heavy (non-hydrogen) atoms. The van der Waals surface area contributed by atoms with Crippen LogP contribution in [-0.2, 0) is 19.2 Å². The molecule has 11 heteroatoms. The Labute approximate surface area is 200 Å². The van der Waals surface area contributed by atoms with Gasteiger partial charge in [-0.15, -0.1) is 0 Å². The molecule has 0 heterocycles. The Morgan fingerprint density at radius 2 is 1.31 bits per heavy atom. The van der Waals surface area contributed by atoms with E-state index in [0.29, 0.717) is 24.3 Å². The molecule has 3 amide bonds. The Kier molecular flexibility index (Phi) is 15.5. The standard InChI is InChI=1S/C21H40N4O5S2/c1-12(2)11-14(22)18(26)23-15(7-9-31-5)19(27)25-17(13(3)4)20(28)24-16(21(29)30)8-10-32-6/h12-17H,7-11,22H2,1-6H3,(H,23,26)(H,24,28)(H,25,27)(H,29,30). The molecule has 0 saturated carbocycles. The summed E-state index contributed by atoms with van der Waals surface area (Å²) in [5.41, 5.74) is 5.95. The number of carbonyl (C=O) groups excluding carboxylic acids is 3. The van der Waals surface area contributed by atoms with E-state index in [1.54, 1.807) is 13.8 Å². The van der Waals surface area contributed by atoms with Gasteiger partial charge in [0.25, 0.3) is 0 Å². The van der Waals surface area contributed by atoms with Crippen LogP contribution in [0.5, 0.6) is 0 Å². The molecule has 0 bridgehead atoms. The zero-order valence-corrected chi connectivity index (χ0v) is 21.6. The summed E-state index contributed by atoms with van der Waals surface area (Å²) < 4.78 is 0. The van der Waals surface area contributed by atoms with Crippen molar-refractivity contribution < 1.29 is 24.3 Å². The summed E-state index contributed by atoms with van der Waals surface area (Å²) in [5.74, 6) is -1.42. The first kappa shape index (κ1) is 30.5. The molecule has 0 rings (SSSR count). The predicted molar refractivity (Wildman–Crippen MR) is 132 cm³/mol. The number of carboxylic acid groups (broad SMARTS) is 1. The molecule has 9 nitrogen and oxygen atoms in total. The minimum atomic E-state index is -1.12. The minimum absolute atomic E-state index is 0.233. The maximum atomic E-state index is 13.0. The predicted octanol–water partition coefficient (Wildman–Crippen LogP) is 1.06. The fraction of sp³-hybridized carbons (Fsp3) is 0.810. The number of nitrogens with two attached hydrogens (primary N) is 1. The van der Waals surface area contributed by atoms with E-state index in [2.05, 4.69) is 16.0 Å². The van der Waals surface area contributed by atoms with Crippen LogP contribution in [0.2, 0.25) is 0 Å². The van der Waals surface area contributed by atoms with Crippen LogP contribution in [0.15, 0.2) is 0 Å². The van der Waals surface area contributed by atoms with Crippen molar-refractivity contribution in [1.29, 1.82) is 0 Å². The fourth-order valence-corrected chi connectivity index (χ4v) is 3.88. The molecule has 0 spiro atoms. The summed E-state index contributed by atoms with van der Waals surface area (Å²) in [6.07, 6.45) is 4.90. The third kappa shape index (κ3) is 12.0. The number of aliphatic carboxylic acids is 1. The Balaban J connectivity index is 5.32. The SMILES string of the molecule is CSCCC(NC(=O)C(NC(=O)C(CCSC)NC(=O)C(N)CC(C)C)C(C)C)C(=O)O. The monoisotopic (exact) mass is 492 g/mol. The number of amides is 3.